The second kappa shape index (κ2) is 6.97. The number of nitrogens with one attached hydrogen (secondary N) is 1. The maximum absolute atomic E-state index is 13.1. The fraction of sp³-hybridized carbons (Fsp3) is 0.190. The van der Waals surface area contributed by atoms with Gasteiger partial charge in [-0.05, 0) is 43.3 Å². The highest BCUT2D eigenvalue weighted by Crippen LogP contribution is 2.35. The van der Waals surface area contributed by atoms with Crippen LogP contribution >= 0.6 is 0 Å². The number of carbonyl (C=O) groups excluding carboxylic acids is 1. The molecule has 4 aromatic rings. The van der Waals surface area contributed by atoms with Crippen LogP contribution in [0.4, 0.5) is 0 Å². The standard InChI is InChI=1S/C21H19N5O3/c1-2-25(12-15-11-22-20-5-3-4-8-26(15)20)21(27)17-10-16(23-24-17)14-6-7-18-19(9-14)29-13-28-18/h3-11H,2,12-13H2,1H3,(H,23,24). The lowest BCUT2D eigenvalue weighted by atomic mass is 10.1. The maximum Gasteiger partial charge on any atom is 0.272 e. The molecule has 1 aliphatic rings. The molecule has 0 atom stereocenters. The number of carbonyl (C=O) groups is 1. The molecule has 8 heteroatoms. The van der Waals surface area contributed by atoms with Crippen LogP contribution in [0.25, 0.3) is 16.9 Å². The van der Waals surface area contributed by atoms with Gasteiger partial charge in [-0.25, -0.2) is 4.98 Å². The number of imidazole rings is 1. The van der Waals surface area contributed by atoms with E-state index in [0.717, 1.165) is 16.9 Å². The molecule has 3 aromatic heterocycles. The maximum atomic E-state index is 13.1. The molecule has 1 N–H and O–H groups in total. The number of aromatic nitrogens is 4. The first-order valence-electron chi connectivity index (χ1n) is 9.38. The Labute approximate surface area is 166 Å². The minimum absolute atomic E-state index is 0.113. The van der Waals surface area contributed by atoms with E-state index in [1.165, 1.54) is 0 Å². The first kappa shape index (κ1) is 17.3. The SMILES string of the molecule is CCN(Cc1cnc2ccccn12)C(=O)c1cc(-c2ccc3c(c2)OCO3)n[nH]1. The summed E-state index contributed by atoms with van der Waals surface area (Å²) in [5.74, 6) is 1.28. The molecular weight excluding hydrogens is 370 g/mol. The van der Waals surface area contributed by atoms with Crippen molar-refractivity contribution in [2.75, 3.05) is 13.3 Å². The summed E-state index contributed by atoms with van der Waals surface area (Å²) in [6.45, 7) is 3.20. The Balaban J connectivity index is 1.38. The number of ether oxygens (including phenoxy) is 2. The molecule has 0 saturated carbocycles. The van der Waals surface area contributed by atoms with Gasteiger partial charge in [-0.1, -0.05) is 6.07 Å². The lowest BCUT2D eigenvalue weighted by Gasteiger charge is -2.19. The van der Waals surface area contributed by atoms with Crippen LogP contribution in [0.5, 0.6) is 11.5 Å². The van der Waals surface area contributed by atoms with Gasteiger partial charge in [-0.15, -0.1) is 0 Å². The van der Waals surface area contributed by atoms with Crippen molar-refractivity contribution in [2.24, 2.45) is 0 Å². The van der Waals surface area contributed by atoms with E-state index in [4.69, 9.17) is 9.47 Å². The largest absolute Gasteiger partial charge is 0.454 e. The van der Waals surface area contributed by atoms with Gasteiger partial charge in [0.2, 0.25) is 6.79 Å². The van der Waals surface area contributed by atoms with E-state index in [9.17, 15) is 4.79 Å². The number of benzene rings is 1. The van der Waals surface area contributed by atoms with Gasteiger partial charge in [0, 0.05) is 18.3 Å². The highest BCUT2D eigenvalue weighted by molar-refractivity contribution is 5.93. The van der Waals surface area contributed by atoms with E-state index in [1.807, 2.05) is 53.9 Å². The zero-order valence-corrected chi connectivity index (χ0v) is 15.8. The average molecular weight is 389 g/mol. The summed E-state index contributed by atoms with van der Waals surface area (Å²) < 4.78 is 12.7. The van der Waals surface area contributed by atoms with Crippen molar-refractivity contribution >= 4 is 11.6 Å². The molecule has 0 radical (unpaired) electrons. The summed E-state index contributed by atoms with van der Waals surface area (Å²) in [5.41, 5.74) is 3.78. The summed E-state index contributed by atoms with van der Waals surface area (Å²) in [4.78, 5) is 19.2. The van der Waals surface area contributed by atoms with Crippen molar-refractivity contribution in [3.05, 3.63) is 66.2 Å². The van der Waals surface area contributed by atoms with E-state index in [-0.39, 0.29) is 12.7 Å². The molecule has 4 heterocycles. The van der Waals surface area contributed by atoms with Gasteiger partial charge in [0.1, 0.15) is 11.3 Å². The van der Waals surface area contributed by atoms with E-state index in [1.54, 1.807) is 17.2 Å². The van der Waals surface area contributed by atoms with Gasteiger partial charge in [0.15, 0.2) is 11.5 Å². The van der Waals surface area contributed by atoms with Crippen LogP contribution < -0.4 is 9.47 Å². The lowest BCUT2D eigenvalue weighted by Crippen LogP contribution is -2.31. The van der Waals surface area contributed by atoms with E-state index in [0.29, 0.717) is 36.0 Å². The van der Waals surface area contributed by atoms with Crippen molar-refractivity contribution in [2.45, 2.75) is 13.5 Å². The highest BCUT2D eigenvalue weighted by atomic mass is 16.7. The van der Waals surface area contributed by atoms with Gasteiger partial charge in [-0.3, -0.25) is 9.89 Å². The fourth-order valence-electron chi connectivity index (χ4n) is 3.43. The quantitative estimate of drug-likeness (QED) is 0.567. The molecule has 29 heavy (non-hydrogen) atoms. The first-order valence-corrected chi connectivity index (χ1v) is 9.38. The molecular formula is C21H19N5O3. The second-order valence-electron chi connectivity index (χ2n) is 6.73. The molecule has 0 bridgehead atoms. The third-order valence-corrected chi connectivity index (χ3v) is 4.99. The van der Waals surface area contributed by atoms with E-state index >= 15 is 0 Å². The van der Waals surface area contributed by atoms with Crippen LogP contribution in [0.1, 0.15) is 23.1 Å². The van der Waals surface area contributed by atoms with Gasteiger partial charge in [0.25, 0.3) is 5.91 Å². The van der Waals surface area contributed by atoms with Crippen LogP contribution in [0.3, 0.4) is 0 Å². The predicted octanol–water partition coefficient (Wildman–Crippen LogP) is 3.12. The molecule has 0 unspecified atom stereocenters. The second-order valence-corrected chi connectivity index (χ2v) is 6.73. The van der Waals surface area contributed by atoms with Crippen molar-refractivity contribution < 1.29 is 14.3 Å². The highest BCUT2D eigenvalue weighted by Gasteiger charge is 2.20. The third-order valence-electron chi connectivity index (χ3n) is 4.99. The molecule has 0 aliphatic carbocycles. The molecule has 146 valence electrons. The predicted molar refractivity (Wildman–Crippen MR) is 106 cm³/mol. The van der Waals surface area contributed by atoms with Crippen LogP contribution in [-0.4, -0.2) is 43.7 Å². The van der Waals surface area contributed by atoms with Gasteiger partial charge in [-0.2, -0.15) is 5.10 Å². The Kier molecular flexibility index (Phi) is 4.16. The van der Waals surface area contributed by atoms with Crippen molar-refractivity contribution in [1.29, 1.82) is 0 Å². The van der Waals surface area contributed by atoms with Crippen molar-refractivity contribution in [3.63, 3.8) is 0 Å². The smallest absolute Gasteiger partial charge is 0.272 e. The minimum atomic E-state index is -0.113. The van der Waals surface area contributed by atoms with Crippen LogP contribution in [-0.2, 0) is 6.54 Å². The number of hydrogen-bond acceptors (Lipinski definition) is 5. The molecule has 1 aliphatic heterocycles. The van der Waals surface area contributed by atoms with Crippen molar-refractivity contribution in [3.8, 4) is 22.8 Å². The Morgan fingerprint density at radius 2 is 2.10 bits per heavy atom. The number of pyridine rings is 1. The number of amides is 1. The van der Waals surface area contributed by atoms with E-state index < -0.39 is 0 Å². The minimum Gasteiger partial charge on any atom is -0.454 e. The Morgan fingerprint density at radius 1 is 1.21 bits per heavy atom. The number of fused-ring (bicyclic) bond motifs is 2. The summed E-state index contributed by atoms with van der Waals surface area (Å²) in [6.07, 6.45) is 3.75. The lowest BCUT2D eigenvalue weighted by molar-refractivity contribution is 0.0744. The summed E-state index contributed by atoms with van der Waals surface area (Å²) in [7, 11) is 0. The van der Waals surface area contributed by atoms with Crippen LogP contribution in [0, 0.1) is 0 Å². The summed E-state index contributed by atoms with van der Waals surface area (Å²) in [6, 6.07) is 13.2. The molecule has 0 spiro atoms. The number of hydrogen-bond donors (Lipinski definition) is 1. The Hall–Kier alpha value is -3.81. The van der Waals surface area contributed by atoms with Crippen molar-refractivity contribution in [1.82, 2.24) is 24.5 Å². The fourth-order valence-corrected chi connectivity index (χ4v) is 3.43. The molecule has 5 rings (SSSR count). The number of H-pyrrole nitrogens is 1. The number of rotatable bonds is 5. The van der Waals surface area contributed by atoms with Crippen LogP contribution in [0.2, 0.25) is 0 Å². The molecule has 0 saturated heterocycles. The van der Waals surface area contributed by atoms with Crippen LogP contribution in [0.15, 0.2) is 54.9 Å². The monoisotopic (exact) mass is 389 g/mol. The first-order chi connectivity index (χ1) is 14.2. The molecule has 0 fully saturated rings. The number of nitrogens with zero attached hydrogens (tertiary/aromatic N) is 4. The third kappa shape index (κ3) is 3.08. The normalized spacial score (nSPS) is 12.4. The van der Waals surface area contributed by atoms with Gasteiger partial charge < -0.3 is 18.8 Å². The Morgan fingerprint density at radius 3 is 3.00 bits per heavy atom. The summed E-state index contributed by atoms with van der Waals surface area (Å²) >= 11 is 0. The average Bonchev–Trinajstić information content (AvgIpc) is 3.50. The van der Waals surface area contributed by atoms with Gasteiger partial charge in [0.05, 0.1) is 24.1 Å². The molecule has 1 aromatic carbocycles. The zero-order valence-electron chi connectivity index (χ0n) is 15.8. The zero-order chi connectivity index (χ0) is 19.8. The van der Waals surface area contributed by atoms with Gasteiger partial charge >= 0.3 is 0 Å². The summed E-state index contributed by atoms with van der Waals surface area (Å²) in [5, 5.41) is 7.18. The molecule has 1 amide bonds. The molecule has 8 nitrogen and oxygen atoms in total. The number of aromatic amines is 1. The van der Waals surface area contributed by atoms with E-state index in [2.05, 4.69) is 15.2 Å². The Bertz CT molecular complexity index is 1200. The topological polar surface area (TPSA) is 84.8 Å².